The van der Waals surface area contributed by atoms with Gasteiger partial charge in [0.15, 0.2) is 0 Å². The molecule has 0 radical (unpaired) electrons. The van der Waals surface area contributed by atoms with Crippen LogP contribution in [0.15, 0.2) is 48.5 Å². The molecular formula is C23H30N4O2. The molecule has 4 rings (SSSR count). The Kier molecular flexibility index (Phi) is 6.04. The molecule has 0 bridgehead atoms. The predicted molar refractivity (Wildman–Crippen MR) is 117 cm³/mol. The number of nitrogens with one attached hydrogen (secondary N) is 1. The lowest BCUT2D eigenvalue weighted by atomic mass is 9.96. The number of hydrogen-bond acceptors (Lipinski definition) is 6. The Balaban J connectivity index is 1.68. The SMILES string of the molecule is COCCOCCCN1C2=C(NN1C)c1ccccc1N(C)Cc1ccccc12. The molecule has 2 aromatic rings. The Hall–Kier alpha value is -2.54. The third kappa shape index (κ3) is 3.96. The van der Waals surface area contributed by atoms with Crippen molar-refractivity contribution in [2.75, 3.05) is 52.5 Å². The summed E-state index contributed by atoms with van der Waals surface area (Å²) in [7, 11) is 5.93. The molecule has 0 amide bonds. The maximum absolute atomic E-state index is 5.68. The summed E-state index contributed by atoms with van der Waals surface area (Å²) in [6, 6.07) is 17.3. The Morgan fingerprint density at radius 1 is 0.931 bits per heavy atom. The van der Waals surface area contributed by atoms with Crippen LogP contribution in [-0.4, -0.2) is 57.7 Å². The fourth-order valence-corrected chi connectivity index (χ4v) is 4.09. The van der Waals surface area contributed by atoms with E-state index in [0.717, 1.165) is 31.8 Å². The number of para-hydroxylation sites is 1. The van der Waals surface area contributed by atoms with E-state index in [9.17, 15) is 0 Å². The van der Waals surface area contributed by atoms with Crippen LogP contribution in [0.5, 0.6) is 0 Å². The minimum absolute atomic E-state index is 0.637. The number of anilines is 1. The van der Waals surface area contributed by atoms with Gasteiger partial charge in [-0.25, -0.2) is 0 Å². The molecule has 2 aliphatic rings. The number of rotatable bonds is 7. The number of benzene rings is 2. The minimum Gasteiger partial charge on any atom is -0.382 e. The Labute approximate surface area is 173 Å². The first kappa shape index (κ1) is 19.8. The van der Waals surface area contributed by atoms with Gasteiger partial charge < -0.3 is 14.4 Å². The normalized spacial score (nSPS) is 16.1. The number of ether oxygens (including phenoxy) is 2. The van der Waals surface area contributed by atoms with Gasteiger partial charge in [0.05, 0.1) is 24.6 Å². The highest BCUT2D eigenvalue weighted by Gasteiger charge is 2.32. The minimum atomic E-state index is 0.637. The van der Waals surface area contributed by atoms with Gasteiger partial charge in [-0.15, -0.1) is 5.12 Å². The van der Waals surface area contributed by atoms with E-state index in [0.29, 0.717) is 13.2 Å². The number of fused-ring (bicyclic) bond motifs is 4. The monoisotopic (exact) mass is 394 g/mol. The molecule has 1 N–H and O–H groups in total. The number of hydrogen-bond donors (Lipinski definition) is 1. The van der Waals surface area contributed by atoms with Crippen molar-refractivity contribution in [2.45, 2.75) is 13.0 Å². The number of hydrazine groups is 2. The molecule has 6 nitrogen and oxygen atoms in total. The summed E-state index contributed by atoms with van der Waals surface area (Å²) in [5.41, 5.74) is 11.1. The van der Waals surface area contributed by atoms with Gasteiger partial charge in [-0.1, -0.05) is 42.5 Å². The lowest BCUT2D eigenvalue weighted by Crippen LogP contribution is -2.40. The molecular weight excluding hydrogens is 364 g/mol. The number of methoxy groups -OCH3 is 1. The van der Waals surface area contributed by atoms with Gasteiger partial charge in [-0.05, 0) is 18.1 Å². The summed E-state index contributed by atoms with van der Waals surface area (Å²) in [5.74, 6) is 0. The lowest BCUT2D eigenvalue weighted by Gasteiger charge is -2.30. The predicted octanol–water partition coefficient (Wildman–Crippen LogP) is 3.18. The highest BCUT2D eigenvalue weighted by molar-refractivity contribution is 5.95. The van der Waals surface area contributed by atoms with E-state index in [1.165, 1.54) is 28.1 Å². The average Bonchev–Trinajstić information content (AvgIpc) is 3.06. The van der Waals surface area contributed by atoms with Crippen molar-refractivity contribution in [1.82, 2.24) is 15.6 Å². The Morgan fingerprint density at radius 3 is 2.52 bits per heavy atom. The topological polar surface area (TPSA) is 40.2 Å². The second-order valence-electron chi connectivity index (χ2n) is 7.47. The first-order valence-corrected chi connectivity index (χ1v) is 10.2. The molecule has 0 fully saturated rings. The smallest absolute Gasteiger partial charge is 0.0867 e. The van der Waals surface area contributed by atoms with Crippen molar-refractivity contribution in [1.29, 1.82) is 0 Å². The van der Waals surface area contributed by atoms with Crippen molar-refractivity contribution < 1.29 is 9.47 Å². The van der Waals surface area contributed by atoms with E-state index in [1.807, 2.05) is 0 Å². The molecule has 154 valence electrons. The maximum Gasteiger partial charge on any atom is 0.0867 e. The van der Waals surface area contributed by atoms with Crippen LogP contribution in [0.4, 0.5) is 5.69 Å². The van der Waals surface area contributed by atoms with E-state index in [4.69, 9.17) is 9.47 Å². The molecule has 0 aliphatic carbocycles. The molecule has 0 aromatic heterocycles. The Morgan fingerprint density at radius 2 is 1.69 bits per heavy atom. The molecule has 6 heteroatoms. The van der Waals surface area contributed by atoms with Crippen LogP contribution in [0.1, 0.15) is 23.1 Å². The van der Waals surface area contributed by atoms with Crippen molar-refractivity contribution in [2.24, 2.45) is 0 Å². The van der Waals surface area contributed by atoms with Crippen molar-refractivity contribution in [3.05, 3.63) is 65.2 Å². The van der Waals surface area contributed by atoms with Gasteiger partial charge in [-0.3, -0.25) is 10.4 Å². The molecule has 0 saturated heterocycles. The van der Waals surface area contributed by atoms with Crippen LogP contribution in [0.3, 0.4) is 0 Å². The van der Waals surface area contributed by atoms with Crippen molar-refractivity contribution in [3.8, 4) is 0 Å². The zero-order valence-corrected chi connectivity index (χ0v) is 17.5. The molecule has 0 saturated carbocycles. The third-order valence-electron chi connectivity index (χ3n) is 5.49. The largest absolute Gasteiger partial charge is 0.382 e. The van der Waals surface area contributed by atoms with Gasteiger partial charge >= 0.3 is 0 Å². The fraction of sp³-hybridized carbons (Fsp3) is 0.391. The van der Waals surface area contributed by atoms with E-state index in [2.05, 4.69) is 83.1 Å². The highest BCUT2D eigenvalue weighted by atomic mass is 16.5. The summed E-state index contributed by atoms with van der Waals surface area (Å²) >= 11 is 0. The molecule has 0 spiro atoms. The van der Waals surface area contributed by atoms with E-state index < -0.39 is 0 Å². The highest BCUT2D eigenvalue weighted by Crippen LogP contribution is 2.40. The molecule has 29 heavy (non-hydrogen) atoms. The van der Waals surface area contributed by atoms with Crippen LogP contribution in [0.2, 0.25) is 0 Å². The standard InChI is InChI=1S/C23H30N4O2/c1-25-17-18-9-4-5-10-19(18)23-22(20-11-6-7-12-21(20)25)24-26(2)27(23)13-8-14-29-16-15-28-3/h4-7,9-12,24H,8,13-17H2,1-3H3. The summed E-state index contributed by atoms with van der Waals surface area (Å²) in [6.45, 7) is 3.75. The maximum atomic E-state index is 5.68. The number of nitrogens with zero attached hydrogens (tertiary/aromatic N) is 3. The van der Waals surface area contributed by atoms with Gasteiger partial charge in [0.2, 0.25) is 0 Å². The van der Waals surface area contributed by atoms with E-state index in [-0.39, 0.29) is 0 Å². The van der Waals surface area contributed by atoms with Crippen molar-refractivity contribution >= 4 is 17.1 Å². The van der Waals surface area contributed by atoms with Crippen LogP contribution in [0.25, 0.3) is 11.4 Å². The second-order valence-corrected chi connectivity index (χ2v) is 7.47. The van der Waals surface area contributed by atoms with Crippen LogP contribution < -0.4 is 10.3 Å². The van der Waals surface area contributed by atoms with Gasteiger partial charge in [0.1, 0.15) is 0 Å². The van der Waals surface area contributed by atoms with Gasteiger partial charge in [-0.2, -0.15) is 0 Å². The van der Waals surface area contributed by atoms with Gasteiger partial charge in [0.25, 0.3) is 0 Å². The molecule has 0 atom stereocenters. The Bertz CT molecular complexity index is 883. The summed E-state index contributed by atoms with van der Waals surface area (Å²) in [5, 5.41) is 4.43. The summed E-state index contributed by atoms with van der Waals surface area (Å²) < 4.78 is 10.7. The molecule has 0 unspecified atom stereocenters. The summed E-state index contributed by atoms with van der Waals surface area (Å²) in [4.78, 5) is 2.33. The second kappa shape index (κ2) is 8.86. The quantitative estimate of drug-likeness (QED) is 0.728. The third-order valence-corrected chi connectivity index (χ3v) is 5.49. The fourth-order valence-electron chi connectivity index (χ4n) is 4.09. The van der Waals surface area contributed by atoms with E-state index >= 15 is 0 Å². The van der Waals surface area contributed by atoms with Gasteiger partial charge in [0, 0.05) is 57.7 Å². The lowest BCUT2D eigenvalue weighted by molar-refractivity contribution is 0.0292. The van der Waals surface area contributed by atoms with E-state index in [1.54, 1.807) is 7.11 Å². The average molecular weight is 395 g/mol. The zero-order valence-electron chi connectivity index (χ0n) is 17.5. The first-order valence-electron chi connectivity index (χ1n) is 10.2. The summed E-state index contributed by atoms with van der Waals surface area (Å²) in [6.07, 6.45) is 0.941. The molecule has 2 aliphatic heterocycles. The molecule has 2 aromatic carbocycles. The molecule has 2 heterocycles. The van der Waals surface area contributed by atoms with Crippen LogP contribution in [0, 0.1) is 0 Å². The van der Waals surface area contributed by atoms with Crippen LogP contribution in [-0.2, 0) is 16.0 Å². The van der Waals surface area contributed by atoms with Crippen molar-refractivity contribution in [3.63, 3.8) is 0 Å². The zero-order chi connectivity index (χ0) is 20.2. The van der Waals surface area contributed by atoms with Crippen LogP contribution >= 0.6 is 0 Å². The first-order chi connectivity index (χ1) is 14.2.